The van der Waals surface area contributed by atoms with Crippen molar-refractivity contribution in [2.75, 3.05) is 13.2 Å². The van der Waals surface area contributed by atoms with Crippen LogP contribution in [0.4, 0.5) is 0 Å². The standard InChI is InChI=1S/C22H21O3P/c1-2-3-14-24-26(23)22-18(13-15-25-26)16-21(17-9-5-4-6-10-17)19-11-7-8-12-20(19)22/h2,4-12,16H,1,3,13-15H2. The average molecular weight is 364 g/mol. The zero-order valence-electron chi connectivity index (χ0n) is 14.6. The van der Waals surface area contributed by atoms with E-state index >= 15 is 0 Å². The number of benzene rings is 3. The molecule has 1 aliphatic heterocycles. The Morgan fingerprint density at radius 1 is 1.08 bits per heavy atom. The van der Waals surface area contributed by atoms with E-state index in [1.54, 1.807) is 6.08 Å². The fourth-order valence-electron chi connectivity index (χ4n) is 3.49. The summed E-state index contributed by atoms with van der Waals surface area (Å²) in [4.78, 5) is 0. The van der Waals surface area contributed by atoms with Gasteiger partial charge in [0.25, 0.3) is 0 Å². The molecule has 1 atom stereocenters. The number of hydrogen-bond acceptors (Lipinski definition) is 3. The van der Waals surface area contributed by atoms with Crippen LogP contribution in [0, 0.1) is 0 Å². The van der Waals surface area contributed by atoms with Crippen molar-refractivity contribution in [2.24, 2.45) is 0 Å². The molecular weight excluding hydrogens is 343 g/mol. The van der Waals surface area contributed by atoms with Gasteiger partial charge in [-0.1, -0.05) is 60.7 Å². The number of fused-ring (bicyclic) bond motifs is 3. The van der Waals surface area contributed by atoms with Gasteiger partial charge < -0.3 is 9.05 Å². The van der Waals surface area contributed by atoms with E-state index in [2.05, 4.69) is 30.8 Å². The van der Waals surface area contributed by atoms with E-state index in [0.29, 0.717) is 19.6 Å². The highest BCUT2D eigenvalue weighted by atomic mass is 31.2. The lowest BCUT2D eigenvalue weighted by molar-refractivity contribution is 0.213. The van der Waals surface area contributed by atoms with Gasteiger partial charge in [0.1, 0.15) is 0 Å². The van der Waals surface area contributed by atoms with Gasteiger partial charge in [0, 0.05) is 0 Å². The normalized spacial score (nSPS) is 19.2. The van der Waals surface area contributed by atoms with E-state index in [0.717, 1.165) is 39.2 Å². The van der Waals surface area contributed by atoms with E-state index in [1.807, 2.05) is 36.4 Å². The van der Waals surface area contributed by atoms with Crippen LogP contribution in [0.3, 0.4) is 0 Å². The van der Waals surface area contributed by atoms with Crippen molar-refractivity contribution in [3.8, 4) is 11.1 Å². The number of hydrogen-bond donors (Lipinski definition) is 0. The molecule has 0 aliphatic carbocycles. The van der Waals surface area contributed by atoms with Crippen molar-refractivity contribution in [3.63, 3.8) is 0 Å². The highest BCUT2D eigenvalue weighted by molar-refractivity contribution is 7.63. The lowest BCUT2D eigenvalue weighted by Gasteiger charge is -2.28. The van der Waals surface area contributed by atoms with E-state index in [9.17, 15) is 4.57 Å². The van der Waals surface area contributed by atoms with Crippen molar-refractivity contribution >= 4 is 23.7 Å². The predicted octanol–water partition coefficient (Wildman–Crippen LogP) is 5.49. The maximum Gasteiger partial charge on any atom is 0.362 e. The Morgan fingerprint density at radius 3 is 2.58 bits per heavy atom. The summed E-state index contributed by atoms with van der Waals surface area (Å²) in [5.41, 5.74) is 3.36. The average Bonchev–Trinajstić information content (AvgIpc) is 2.68. The summed E-state index contributed by atoms with van der Waals surface area (Å²) in [7, 11) is -3.34. The van der Waals surface area contributed by atoms with Crippen LogP contribution >= 0.6 is 7.60 Å². The molecule has 26 heavy (non-hydrogen) atoms. The van der Waals surface area contributed by atoms with Crippen molar-refractivity contribution in [2.45, 2.75) is 12.8 Å². The van der Waals surface area contributed by atoms with Gasteiger partial charge in [-0.25, -0.2) is 0 Å². The molecule has 3 nitrogen and oxygen atoms in total. The Hall–Kier alpha value is -2.19. The first-order valence-corrected chi connectivity index (χ1v) is 10.4. The second-order valence-electron chi connectivity index (χ2n) is 6.33. The van der Waals surface area contributed by atoms with Crippen LogP contribution in [0.5, 0.6) is 0 Å². The molecule has 0 N–H and O–H groups in total. The topological polar surface area (TPSA) is 35.5 Å². The van der Waals surface area contributed by atoms with Gasteiger partial charge in [0.05, 0.1) is 18.5 Å². The van der Waals surface area contributed by atoms with Gasteiger partial charge in [0.2, 0.25) is 0 Å². The second kappa shape index (κ2) is 7.20. The molecule has 0 fully saturated rings. The summed E-state index contributed by atoms with van der Waals surface area (Å²) in [5, 5.41) is 2.74. The molecule has 1 heterocycles. The maximum atomic E-state index is 13.5. The molecule has 1 unspecified atom stereocenters. The molecule has 0 aromatic heterocycles. The highest BCUT2D eigenvalue weighted by Gasteiger charge is 2.36. The van der Waals surface area contributed by atoms with Crippen LogP contribution in [-0.2, 0) is 20.0 Å². The van der Waals surface area contributed by atoms with Gasteiger partial charge in [-0.3, -0.25) is 4.57 Å². The Balaban J connectivity index is 1.94. The first-order chi connectivity index (χ1) is 12.7. The molecular formula is C22H21O3P. The molecule has 3 aromatic rings. The van der Waals surface area contributed by atoms with Crippen molar-refractivity contribution < 1.29 is 13.6 Å². The summed E-state index contributed by atoms with van der Waals surface area (Å²) in [6.07, 6.45) is 3.13. The third-order valence-corrected chi connectivity index (χ3v) is 6.79. The summed E-state index contributed by atoms with van der Waals surface area (Å²) in [6, 6.07) is 20.5. The zero-order chi connectivity index (χ0) is 18.0. The van der Waals surface area contributed by atoms with Gasteiger partial charge in [-0.2, -0.15) is 0 Å². The fourth-order valence-corrected chi connectivity index (χ4v) is 5.51. The van der Waals surface area contributed by atoms with Crippen molar-refractivity contribution in [3.05, 3.63) is 78.9 Å². The fraction of sp³-hybridized carbons (Fsp3) is 0.182. The summed E-state index contributed by atoms with van der Waals surface area (Å²) < 4.78 is 25.0. The Kier molecular flexibility index (Phi) is 4.78. The van der Waals surface area contributed by atoms with E-state index in [4.69, 9.17) is 9.05 Å². The van der Waals surface area contributed by atoms with E-state index in [1.165, 1.54) is 0 Å². The molecule has 0 saturated carbocycles. The molecule has 1 aliphatic rings. The zero-order valence-corrected chi connectivity index (χ0v) is 15.5. The minimum absolute atomic E-state index is 0.342. The van der Waals surface area contributed by atoms with Gasteiger partial charge >= 0.3 is 7.60 Å². The molecule has 0 spiro atoms. The van der Waals surface area contributed by atoms with Crippen LogP contribution in [0.15, 0.2) is 73.3 Å². The lowest BCUT2D eigenvalue weighted by atomic mass is 9.94. The second-order valence-corrected chi connectivity index (χ2v) is 8.29. The molecule has 4 rings (SSSR count). The maximum absolute atomic E-state index is 13.5. The Bertz CT molecular complexity index is 995. The van der Waals surface area contributed by atoms with E-state index < -0.39 is 7.60 Å². The smallest absolute Gasteiger partial charge is 0.305 e. The largest absolute Gasteiger partial charge is 0.362 e. The molecule has 132 valence electrons. The van der Waals surface area contributed by atoms with Crippen LogP contribution in [0.25, 0.3) is 21.9 Å². The van der Waals surface area contributed by atoms with Crippen LogP contribution in [0.2, 0.25) is 0 Å². The third kappa shape index (κ3) is 3.03. The van der Waals surface area contributed by atoms with Crippen LogP contribution in [-0.4, -0.2) is 13.2 Å². The molecule has 0 radical (unpaired) electrons. The lowest BCUT2D eigenvalue weighted by Crippen LogP contribution is -2.24. The molecule has 0 saturated heterocycles. The van der Waals surface area contributed by atoms with Crippen LogP contribution in [0.1, 0.15) is 12.0 Å². The molecule has 4 heteroatoms. The first-order valence-electron chi connectivity index (χ1n) is 8.83. The van der Waals surface area contributed by atoms with Gasteiger partial charge in [0.15, 0.2) is 0 Å². The monoisotopic (exact) mass is 364 g/mol. The predicted molar refractivity (Wildman–Crippen MR) is 107 cm³/mol. The Morgan fingerprint density at radius 2 is 1.81 bits per heavy atom. The molecule has 3 aromatic carbocycles. The SMILES string of the molecule is C=CCCOP1(=O)OCCc2cc(-c3ccccc3)c3ccccc3c21. The van der Waals surface area contributed by atoms with Crippen molar-refractivity contribution in [1.29, 1.82) is 0 Å². The third-order valence-electron chi connectivity index (χ3n) is 4.67. The summed E-state index contributed by atoms with van der Waals surface area (Å²) >= 11 is 0. The Labute approximate surface area is 153 Å². The first kappa shape index (κ1) is 17.2. The van der Waals surface area contributed by atoms with Gasteiger partial charge in [-0.05, 0) is 46.4 Å². The minimum Gasteiger partial charge on any atom is -0.305 e. The van der Waals surface area contributed by atoms with Crippen LogP contribution < -0.4 is 5.30 Å². The summed E-state index contributed by atoms with van der Waals surface area (Å²) in [6.45, 7) is 4.44. The minimum atomic E-state index is -3.34. The number of rotatable bonds is 5. The molecule has 0 amide bonds. The quantitative estimate of drug-likeness (QED) is 0.341. The molecule has 0 bridgehead atoms. The summed E-state index contributed by atoms with van der Waals surface area (Å²) in [5.74, 6) is 0. The highest BCUT2D eigenvalue weighted by Crippen LogP contribution is 2.52. The van der Waals surface area contributed by atoms with Crippen molar-refractivity contribution in [1.82, 2.24) is 0 Å². The van der Waals surface area contributed by atoms with E-state index in [-0.39, 0.29) is 0 Å². The van der Waals surface area contributed by atoms with Gasteiger partial charge in [-0.15, -0.1) is 6.58 Å².